The first-order valence-corrected chi connectivity index (χ1v) is 7.44. The summed E-state index contributed by atoms with van der Waals surface area (Å²) in [5, 5.41) is 2.62. The summed E-state index contributed by atoms with van der Waals surface area (Å²) in [6.45, 7) is 3.22. The average Bonchev–Trinajstić information content (AvgIpc) is 2.45. The second-order valence-electron chi connectivity index (χ2n) is 5.65. The van der Waals surface area contributed by atoms with Crippen LogP contribution in [-0.4, -0.2) is 36.0 Å². The molecule has 0 aromatic heterocycles. The van der Waals surface area contributed by atoms with Gasteiger partial charge in [0.15, 0.2) is 0 Å². The molecule has 1 saturated heterocycles. The highest BCUT2D eigenvalue weighted by Crippen LogP contribution is 2.18. The van der Waals surface area contributed by atoms with Gasteiger partial charge in [-0.3, -0.25) is 4.79 Å². The van der Waals surface area contributed by atoms with E-state index in [0.717, 1.165) is 36.9 Å². The molecule has 0 unspecified atom stereocenters. The van der Waals surface area contributed by atoms with Crippen molar-refractivity contribution in [3.8, 4) is 0 Å². The predicted molar refractivity (Wildman–Crippen MR) is 81.8 cm³/mol. The third-order valence-electron chi connectivity index (χ3n) is 3.90. The van der Waals surface area contributed by atoms with Gasteiger partial charge in [-0.1, -0.05) is 29.8 Å². The molecule has 0 spiro atoms. The third-order valence-corrected chi connectivity index (χ3v) is 3.90. The number of hydrogen-bond acceptors (Lipinski definition) is 2. The van der Waals surface area contributed by atoms with Gasteiger partial charge >= 0.3 is 6.03 Å². The van der Waals surface area contributed by atoms with E-state index in [0.29, 0.717) is 13.0 Å². The number of aryl methyl sites for hydroxylation is 1. The summed E-state index contributed by atoms with van der Waals surface area (Å²) in [6, 6.07) is 7.54. The quantitative estimate of drug-likeness (QED) is 0.883. The van der Waals surface area contributed by atoms with Crippen molar-refractivity contribution in [2.24, 2.45) is 5.73 Å². The molecule has 1 aliphatic rings. The van der Waals surface area contributed by atoms with E-state index in [1.54, 1.807) is 0 Å². The van der Waals surface area contributed by atoms with Crippen LogP contribution in [0.15, 0.2) is 24.3 Å². The van der Waals surface area contributed by atoms with Crippen LogP contribution in [0.4, 0.5) is 4.79 Å². The number of carbonyl (C=O) groups excluding carboxylic acids is 2. The second kappa shape index (κ2) is 7.11. The van der Waals surface area contributed by atoms with E-state index in [4.69, 9.17) is 5.73 Å². The Labute approximate surface area is 125 Å². The zero-order valence-electron chi connectivity index (χ0n) is 12.5. The van der Waals surface area contributed by atoms with Gasteiger partial charge in [0.05, 0.1) is 6.42 Å². The first kappa shape index (κ1) is 15.4. The minimum atomic E-state index is -0.536. The maximum absolute atomic E-state index is 12.5. The molecule has 5 nitrogen and oxygen atoms in total. The number of rotatable bonds is 4. The topological polar surface area (TPSA) is 75.4 Å². The lowest BCUT2D eigenvalue weighted by atomic mass is 10.0. The van der Waals surface area contributed by atoms with Crippen LogP contribution in [-0.2, 0) is 11.2 Å². The minimum Gasteiger partial charge on any atom is -0.352 e. The van der Waals surface area contributed by atoms with Crippen molar-refractivity contribution in [2.75, 3.05) is 13.1 Å². The van der Waals surface area contributed by atoms with E-state index >= 15 is 0 Å². The van der Waals surface area contributed by atoms with Crippen molar-refractivity contribution < 1.29 is 9.59 Å². The Morgan fingerprint density at radius 3 is 2.90 bits per heavy atom. The van der Waals surface area contributed by atoms with E-state index < -0.39 is 6.03 Å². The van der Waals surface area contributed by atoms with Crippen LogP contribution >= 0.6 is 0 Å². The highest BCUT2D eigenvalue weighted by Gasteiger charge is 2.26. The molecule has 5 heteroatoms. The van der Waals surface area contributed by atoms with Crippen LogP contribution in [0.5, 0.6) is 0 Å². The molecule has 2 rings (SSSR count). The van der Waals surface area contributed by atoms with Crippen LogP contribution < -0.4 is 11.1 Å². The lowest BCUT2D eigenvalue weighted by molar-refractivity contribution is -0.134. The lowest BCUT2D eigenvalue weighted by Gasteiger charge is -2.36. The van der Waals surface area contributed by atoms with Gasteiger partial charge in [-0.2, -0.15) is 0 Å². The number of nitrogens with one attached hydrogen (secondary N) is 1. The first-order valence-electron chi connectivity index (χ1n) is 7.44. The third kappa shape index (κ3) is 4.48. The zero-order valence-corrected chi connectivity index (χ0v) is 12.5. The van der Waals surface area contributed by atoms with Crippen molar-refractivity contribution in [1.29, 1.82) is 0 Å². The highest BCUT2D eigenvalue weighted by atomic mass is 16.2. The second-order valence-corrected chi connectivity index (χ2v) is 5.65. The van der Waals surface area contributed by atoms with Gasteiger partial charge in [-0.15, -0.1) is 0 Å². The number of benzene rings is 1. The lowest BCUT2D eigenvalue weighted by Crippen LogP contribution is -2.50. The van der Waals surface area contributed by atoms with Gasteiger partial charge in [-0.25, -0.2) is 4.79 Å². The number of primary amides is 1. The Kier molecular flexibility index (Phi) is 5.20. The molecule has 3 amide bonds. The maximum atomic E-state index is 12.5. The van der Waals surface area contributed by atoms with E-state index in [1.165, 1.54) is 0 Å². The Hall–Kier alpha value is -2.04. The number of piperidine rings is 1. The van der Waals surface area contributed by atoms with Crippen molar-refractivity contribution in [1.82, 2.24) is 10.2 Å². The largest absolute Gasteiger partial charge is 0.352 e. The average molecular weight is 289 g/mol. The molecule has 1 fully saturated rings. The summed E-state index contributed by atoms with van der Waals surface area (Å²) in [5.41, 5.74) is 7.31. The van der Waals surface area contributed by atoms with Crippen molar-refractivity contribution in [2.45, 2.75) is 38.6 Å². The van der Waals surface area contributed by atoms with Crippen LogP contribution in [0.25, 0.3) is 0 Å². The molecule has 1 aromatic rings. The van der Waals surface area contributed by atoms with Gasteiger partial charge in [-0.05, 0) is 31.7 Å². The van der Waals surface area contributed by atoms with Crippen LogP contribution in [0.3, 0.4) is 0 Å². The van der Waals surface area contributed by atoms with Crippen molar-refractivity contribution >= 4 is 11.9 Å². The number of urea groups is 1. The van der Waals surface area contributed by atoms with E-state index in [1.807, 2.05) is 36.1 Å². The molecule has 1 heterocycles. The minimum absolute atomic E-state index is 0.0589. The Morgan fingerprint density at radius 1 is 1.38 bits per heavy atom. The van der Waals surface area contributed by atoms with Gasteiger partial charge in [0.25, 0.3) is 0 Å². The fourth-order valence-electron chi connectivity index (χ4n) is 2.86. The Morgan fingerprint density at radius 2 is 2.19 bits per heavy atom. The molecule has 0 bridgehead atoms. The molecule has 1 atom stereocenters. The molecule has 0 aliphatic carbocycles. The monoisotopic (exact) mass is 289 g/mol. The number of hydrogen-bond donors (Lipinski definition) is 2. The smallest absolute Gasteiger partial charge is 0.312 e. The highest BCUT2D eigenvalue weighted by molar-refractivity contribution is 5.79. The Balaban J connectivity index is 1.99. The predicted octanol–water partition coefficient (Wildman–Crippen LogP) is 1.59. The molecule has 21 heavy (non-hydrogen) atoms. The molecule has 0 radical (unpaired) electrons. The van der Waals surface area contributed by atoms with Crippen LogP contribution in [0, 0.1) is 6.92 Å². The molecule has 1 aliphatic heterocycles. The number of carbonyl (C=O) groups is 2. The summed E-state index contributed by atoms with van der Waals surface area (Å²) >= 11 is 0. The fourth-order valence-corrected chi connectivity index (χ4v) is 2.86. The standard InChI is InChI=1S/C16H23N3O2/c1-12-5-4-6-13(9-12)10-15(20)19-8-3-2-7-14(19)11-18-16(17)21/h4-6,9,14H,2-3,7-8,10-11H2,1H3,(H3,17,18,21)/t14-/m1/s1. The summed E-state index contributed by atoms with van der Waals surface area (Å²) in [7, 11) is 0. The first-order chi connectivity index (χ1) is 10.1. The van der Waals surface area contributed by atoms with Crippen LogP contribution in [0.1, 0.15) is 30.4 Å². The van der Waals surface area contributed by atoms with Gasteiger partial charge < -0.3 is 16.0 Å². The van der Waals surface area contributed by atoms with Crippen molar-refractivity contribution in [3.05, 3.63) is 35.4 Å². The van der Waals surface area contributed by atoms with E-state index in [-0.39, 0.29) is 11.9 Å². The van der Waals surface area contributed by atoms with Crippen LogP contribution in [0.2, 0.25) is 0 Å². The molecule has 114 valence electrons. The van der Waals surface area contributed by atoms with Gasteiger partial charge in [0, 0.05) is 19.1 Å². The molecule has 3 N–H and O–H groups in total. The number of nitrogens with zero attached hydrogens (tertiary/aromatic N) is 1. The van der Waals surface area contributed by atoms with Gasteiger partial charge in [0.2, 0.25) is 5.91 Å². The normalized spacial score (nSPS) is 18.3. The molecular weight excluding hydrogens is 266 g/mol. The molecule has 1 aromatic carbocycles. The Bertz CT molecular complexity index is 516. The molecular formula is C16H23N3O2. The van der Waals surface area contributed by atoms with E-state index in [9.17, 15) is 9.59 Å². The van der Waals surface area contributed by atoms with Crippen molar-refractivity contribution in [3.63, 3.8) is 0 Å². The maximum Gasteiger partial charge on any atom is 0.312 e. The number of likely N-dealkylation sites (tertiary alicyclic amines) is 1. The summed E-state index contributed by atoms with van der Waals surface area (Å²) in [6.07, 6.45) is 3.43. The number of amides is 3. The van der Waals surface area contributed by atoms with E-state index in [2.05, 4.69) is 5.32 Å². The fraction of sp³-hybridized carbons (Fsp3) is 0.500. The molecule has 0 saturated carbocycles. The zero-order chi connectivity index (χ0) is 15.2. The summed E-state index contributed by atoms with van der Waals surface area (Å²) < 4.78 is 0. The van der Waals surface area contributed by atoms with Gasteiger partial charge in [0.1, 0.15) is 0 Å². The SMILES string of the molecule is Cc1cccc(CC(=O)N2CCCC[C@@H]2CNC(N)=O)c1. The number of nitrogens with two attached hydrogens (primary N) is 1. The summed E-state index contributed by atoms with van der Waals surface area (Å²) in [4.78, 5) is 25.3. The summed E-state index contributed by atoms with van der Waals surface area (Å²) in [5.74, 6) is 0.122.